The summed E-state index contributed by atoms with van der Waals surface area (Å²) in [4.78, 5) is 24.4. The third kappa shape index (κ3) is 5.49. The topological polar surface area (TPSA) is 76.0 Å². The quantitative estimate of drug-likeness (QED) is 0.454. The van der Waals surface area contributed by atoms with Crippen molar-refractivity contribution in [1.82, 2.24) is 20.4 Å². The molecule has 0 spiro atoms. The first-order valence-electron chi connectivity index (χ1n) is 10.5. The molecule has 0 bridgehead atoms. The van der Waals surface area contributed by atoms with Crippen LogP contribution in [0.3, 0.4) is 0 Å². The third-order valence-corrected chi connectivity index (χ3v) is 4.99. The zero-order valence-electron chi connectivity index (χ0n) is 17.6. The van der Waals surface area contributed by atoms with Crippen molar-refractivity contribution >= 4 is 11.8 Å². The monoisotopic (exact) mass is 424 g/mol. The van der Waals surface area contributed by atoms with Gasteiger partial charge in [-0.1, -0.05) is 78.9 Å². The Bertz CT molecular complexity index is 1170. The van der Waals surface area contributed by atoms with Crippen molar-refractivity contribution in [2.45, 2.75) is 13.0 Å². The molecule has 1 aromatic heterocycles. The Morgan fingerprint density at radius 1 is 0.750 bits per heavy atom. The standard InChI is InChI=1S/C26H24N4O2/c31-24(16-20-10-4-1-5-11-20)28-18-25(32)27-17-22-19-30(23-14-8-3-9-15-23)29-26(22)21-12-6-2-7-13-21/h1-15,19H,16-18H2,(H,27,32)(H,28,31). The van der Waals surface area contributed by atoms with E-state index in [1.165, 1.54) is 0 Å². The lowest BCUT2D eigenvalue weighted by Crippen LogP contribution is -2.37. The summed E-state index contributed by atoms with van der Waals surface area (Å²) in [6, 6.07) is 29.1. The summed E-state index contributed by atoms with van der Waals surface area (Å²) in [5.41, 5.74) is 4.52. The van der Waals surface area contributed by atoms with Crippen LogP contribution < -0.4 is 10.6 Å². The molecule has 0 aliphatic carbocycles. The maximum atomic E-state index is 12.3. The van der Waals surface area contributed by atoms with Crippen LogP contribution in [0.15, 0.2) is 97.2 Å². The minimum Gasteiger partial charge on any atom is -0.350 e. The Morgan fingerprint density at radius 3 is 2.06 bits per heavy atom. The highest BCUT2D eigenvalue weighted by molar-refractivity contribution is 5.85. The van der Waals surface area contributed by atoms with E-state index in [1.54, 1.807) is 0 Å². The van der Waals surface area contributed by atoms with E-state index in [0.717, 1.165) is 28.1 Å². The predicted molar refractivity (Wildman–Crippen MR) is 124 cm³/mol. The zero-order chi connectivity index (χ0) is 22.2. The van der Waals surface area contributed by atoms with Gasteiger partial charge in [0.15, 0.2) is 0 Å². The highest BCUT2D eigenvalue weighted by atomic mass is 16.2. The molecule has 4 rings (SSSR count). The van der Waals surface area contributed by atoms with Crippen molar-refractivity contribution in [2.24, 2.45) is 0 Å². The average Bonchev–Trinajstić information content (AvgIpc) is 3.27. The largest absolute Gasteiger partial charge is 0.350 e. The van der Waals surface area contributed by atoms with Crippen LogP contribution >= 0.6 is 0 Å². The molecule has 2 amide bonds. The summed E-state index contributed by atoms with van der Waals surface area (Å²) < 4.78 is 1.81. The van der Waals surface area contributed by atoms with E-state index in [2.05, 4.69) is 10.6 Å². The molecule has 3 aromatic carbocycles. The molecule has 0 atom stereocenters. The van der Waals surface area contributed by atoms with Gasteiger partial charge in [-0.25, -0.2) is 4.68 Å². The lowest BCUT2D eigenvalue weighted by Gasteiger charge is -2.07. The van der Waals surface area contributed by atoms with Gasteiger partial charge in [0.05, 0.1) is 24.3 Å². The van der Waals surface area contributed by atoms with Crippen molar-refractivity contribution in [3.05, 3.63) is 108 Å². The second kappa shape index (κ2) is 10.2. The summed E-state index contributed by atoms with van der Waals surface area (Å²) >= 11 is 0. The number of carbonyl (C=O) groups excluding carboxylic acids is 2. The molecule has 0 radical (unpaired) electrons. The van der Waals surface area contributed by atoms with Gasteiger partial charge < -0.3 is 10.6 Å². The van der Waals surface area contributed by atoms with Gasteiger partial charge in [0.1, 0.15) is 0 Å². The van der Waals surface area contributed by atoms with Gasteiger partial charge >= 0.3 is 0 Å². The molecule has 2 N–H and O–H groups in total. The molecule has 0 aliphatic rings. The number of aromatic nitrogens is 2. The predicted octanol–water partition coefficient (Wildman–Crippen LogP) is 3.51. The Morgan fingerprint density at radius 2 is 1.38 bits per heavy atom. The highest BCUT2D eigenvalue weighted by Gasteiger charge is 2.14. The number of hydrogen-bond acceptors (Lipinski definition) is 3. The number of nitrogens with one attached hydrogen (secondary N) is 2. The Hall–Kier alpha value is -4.19. The number of hydrogen-bond donors (Lipinski definition) is 2. The van der Waals surface area contributed by atoms with Gasteiger partial charge in [0, 0.05) is 23.9 Å². The van der Waals surface area contributed by atoms with Gasteiger partial charge in [-0.3, -0.25) is 9.59 Å². The van der Waals surface area contributed by atoms with Gasteiger partial charge in [-0.05, 0) is 17.7 Å². The fourth-order valence-electron chi connectivity index (χ4n) is 3.37. The SMILES string of the molecule is O=C(CNC(=O)Cc1ccccc1)NCc1cn(-c2ccccc2)nc1-c1ccccc1. The molecule has 160 valence electrons. The molecule has 0 fully saturated rings. The smallest absolute Gasteiger partial charge is 0.239 e. The van der Waals surface area contributed by atoms with Crippen LogP contribution in [-0.2, 0) is 22.6 Å². The van der Waals surface area contributed by atoms with E-state index < -0.39 is 0 Å². The van der Waals surface area contributed by atoms with E-state index in [0.29, 0.717) is 6.54 Å². The Kier molecular flexibility index (Phi) is 6.72. The van der Waals surface area contributed by atoms with Crippen molar-refractivity contribution < 1.29 is 9.59 Å². The van der Waals surface area contributed by atoms with Crippen molar-refractivity contribution in [3.63, 3.8) is 0 Å². The first kappa shape index (κ1) is 21.1. The van der Waals surface area contributed by atoms with E-state index in [9.17, 15) is 9.59 Å². The van der Waals surface area contributed by atoms with E-state index in [1.807, 2.05) is 102 Å². The highest BCUT2D eigenvalue weighted by Crippen LogP contribution is 2.23. The summed E-state index contributed by atoms with van der Waals surface area (Å²) in [5.74, 6) is -0.439. The Balaban J connectivity index is 1.40. The summed E-state index contributed by atoms with van der Waals surface area (Å²) in [7, 11) is 0. The lowest BCUT2D eigenvalue weighted by atomic mass is 10.1. The van der Waals surface area contributed by atoms with Crippen LogP contribution in [-0.4, -0.2) is 28.1 Å². The maximum Gasteiger partial charge on any atom is 0.239 e. The van der Waals surface area contributed by atoms with Crippen LogP contribution in [0, 0.1) is 0 Å². The number of rotatable bonds is 8. The summed E-state index contributed by atoms with van der Waals surface area (Å²) in [5, 5.41) is 10.3. The van der Waals surface area contributed by atoms with Crippen LogP contribution in [0.2, 0.25) is 0 Å². The molecular formula is C26H24N4O2. The Labute approximate surface area is 186 Å². The second-order valence-corrected chi connectivity index (χ2v) is 7.36. The number of carbonyl (C=O) groups is 2. The molecule has 6 nitrogen and oxygen atoms in total. The summed E-state index contributed by atoms with van der Waals surface area (Å²) in [6.07, 6.45) is 2.17. The zero-order valence-corrected chi connectivity index (χ0v) is 17.6. The molecule has 0 aliphatic heterocycles. The molecule has 1 heterocycles. The molecule has 0 unspecified atom stereocenters. The normalized spacial score (nSPS) is 10.5. The molecule has 32 heavy (non-hydrogen) atoms. The first-order valence-corrected chi connectivity index (χ1v) is 10.5. The van der Waals surface area contributed by atoms with E-state index in [-0.39, 0.29) is 24.8 Å². The van der Waals surface area contributed by atoms with Gasteiger partial charge in [-0.15, -0.1) is 0 Å². The van der Waals surface area contributed by atoms with E-state index >= 15 is 0 Å². The van der Waals surface area contributed by atoms with Gasteiger partial charge in [0.2, 0.25) is 11.8 Å². The van der Waals surface area contributed by atoms with Crippen LogP contribution in [0.4, 0.5) is 0 Å². The number of benzene rings is 3. The van der Waals surface area contributed by atoms with Gasteiger partial charge in [-0.2, -0.15) is 5.10 Å². The minimum absolute atomic E-state index is 0.0703. The molecule has 4 aromatic rings. The van der Waals surface area contributed by atoms with E-state index in [4.69, 9.17) is 5.10 Å². The molecular weight excluding hydrogens is 400 g/mol. The fraction of sp³-hybridized carbons (Fsp3) is 0.115. The van der Waals surface area contributed by atoms with Crippen molar-refractivity contribution in [1.29, 1.82) is 0 Å². The van der Waals surface area contributed by atoms with Crippen LogP contribution in [0.25, 0.3) is 16.9 Å². The average molecular weight is 425 g/mol. The fourth-order valence-corrected chi connectivity index (χ4v) is 3.37. The minimum atomic E-state index is -0.252. The summed E-state index contributed by atoms with van der Waals surface area (Å²) in [6.45, 7) is 0.240. The third-order valence-electron chi connectivity index (χ3n) is 4.99. The second-order valence-electron chi connectivity index (χ2n) is 7.36. The van der Waals surface area contributed by atoms with Gasteiger partial charge in [0.25, 0.3) is 0 Å². The number of para-hydroxylation sites is 1. The van der Waals surface area contributed by atoms with Crippen molar-refractivity contribution in [3.8, 4) is 16.9 Å². The first-order chi connectivity index (χ1) is 15.7. The van der Waals surface area contributed by atoms with Crippen LogP contribution in [0.1, 0.15) is 11.1 Å². The lowest BCUT2D eigenvalue weighted by molar-refractivity contribution is -0.125. The van der Waals surface area contributed by atoms with Crippen molar-refractivity contribution in [2.75, 3.05) is 6.54 Å². The van der Waals surface area contributed by atoms with Crippen LogP contribution in [0.5, 0.6) is 0 Å². The molecule has 0 saturated heterocycles. The maximum absolute atomic E-state index is 12.3. The molecule has 6 heteroatoms. The number of amides is 2. The number of nitrogens with zero attached hydrogens (tertiary/aromatic N) is 2. The molecule has 0 saturated carbocycles.